The average Bonchev–Trinajstić information content (AvgIpc) is 3.59. The van der Waals surface area contributed by atoms with Crippen LogP contribution >= 0.6 is 0 Å². The molecule has 62 heavy (non-hydrogen) atoms. The number of unbranched alkanes of at least 4 members (excludes halogenated alkanes) is 15. The normalized spacial score (nSPS) is 28.9. The minimum Gasteiger partial charge on any atom is -0.394 e. The van der Waals surface area contributed by atoms with Crippen LogP contribution in [0.4, 0.5) is 0 Å². The van der Waals surface area contributed by atoms with Crippen molar-refractivity contribution in [1.82, 2.24) is 4.90 Å². The van der Waals surface area contributed by atoms with Gasteiger partial charge in [0, 0.05) is 6.61 Å². The first kappa shape index (κ1) is 54.0. The molecule has 0 saturated heterocycles. The van der Waals surface area contributed by atoms with Crippen molar-refractivity contribution in [3.8, 4) is 12.3 Å². The maximum atomic E-state index is 7.13. The summed E-state index contributed by atoms with van der Waals surface area (Å²) in [5.41, 5.74) is 2.62. The summed E-state index contributed by atoms with van der Waals surface area (Å²) in [6, 6.07) is 0. The summed E-state index contributed by atoms with van der Waals surface area (Å²) in [7, 11) is -0.231. The first-order valence-electron chi connectivity index (χ1n) is 27.6. The highest BCUT2D eigenvalue weighted by molar-refractivity contribution is 6.64. The van der Waals surface area contributed by atoms with E-state index < -0.39 is 8.56 Å². The number of ether oxygens (including phenoxy) is 1. The molecule has 3 fully saturated rings. The molecule has 4 aliphatic carbocycles. The number of terminal acetylenes is 1. The molecule has 0 bridgehead atoms. The Kier molecular flexibility index (Phi) is 24.3. The lowest BCUT2D eigenvalue weighted by Gasteiger charge is -2.58. The van der Waals surface area contributed by atoms with E-state index in [-0.39, 0.29) is 12.4 Å². The third kappa shape index (κ3) is 16.6. The molecule has 4 aliphatic rings. The predicted molar refractivity (Wildman–Crippen MR) is 270 cm³/mol. The molecule has 0 N–H and O–H groups in total. The Morgan fingerprint density at radius 1 is 0.774 bits per heavy atom. The summed E-state index contributed by atoms with van der Waals surface area (Å²) in [6.07, 6.45) is 46.9. The van der Waals surface area contributed by atoms with Crippen LogP contribution in [0.2, 0.25) is 13.1 Å². The summed E-state index contributed by atoms with van der Waals surface area (Å²) < 4.78 is 20.7. The van der Waals surface area contributed by atoms with Crippen LogP contribution in [-0.2, 0) is 13.6 Å². The van der Waals surface area contributed by atoms with Gasteiger partial charge in [0.1, 0.15) is 6.29 Å². The van der Waals surface area contributed by atoms with E-state index in [1.54, 1.807) is 5.57 Å². The Bertz CT molecular complexity index is 1290. The number of fused-ring (bicyclic) bond motifs is 5. The van der Waals surface area contributed by atoms with Crippen molar-refractivity contribution in [2.75, 3.05) is 26.7 Å². The zero-order chi connectivity index (χ0) is 45.0. The zero-order valence-corrected chi connectivity index (χ0v) is 44.2. The summed E-state index contributed by atoms with van der Waals surface area (Å²) >= 11 is 0. The lowest BCUT2D eigenvalue weighted by molar-refractivity contribution is -0.150. The molecule has 10 unspecified atom stereocenters. The van der Waals surface area contributed by atoms with E-state index in [1.165, 1.54) is 167 Å². The molecule has 0 aromatic heterocycles. The van der Waals surface area contributed by atoms with Crippen molar-refractivity contribution in [1.29, 1.82) is 0 Å². The van der Waals surface area contributed by atoms with Gasteiger partial charge in [-0.15, -0.1) is 6.42 Å². The van der Waals surface area contributed by atoms with Crippen molar-refractivity contribution in [3.63, 3.8) is 0 Å². The molecule has 3 saturated carbocycles. The van der Waals surface area contributed by atoms with Gasteiger partial charge in [-0.2, -0.15) is 0 Å². The van der Waals surface area contributed by atoms with Crippen LogP contribution in [0.15, 0.2) is 11.6 Å². The fourth-order valence-electron chi connectivity index (χ4n) is 13.8. The van der Waals surface area contributed by atoms with Gasteiger partial charge in [0.25, 0.3) is 0 Å². The highest BCUT2D eigenvalue weighted by atomic mass is 28.4. The summed E-state index contributed by atoms with van der Waals surface area (Å²) in [5.74, 6) is 8.88. The quantitative estimate of drug-likeness (QED) is 0.0216. The smallest absolute Gasteiger partial charge is 0.333 e. The monoisotopic (exact) mass is 880 g/mol. The van der Waals surface area contributed by atoms with Gasteiger partial charge in [0.15, 0.2) is 0 Å². The van der Waals surface area contributed by atoms with Gasteiger partial charge in [0.2, 0.25) is 0 Å². The number of rotatable bonds is 33. The van der Waals surface area contributed by atoms with Crippen LogP contribution in [0, 0.1) is 64.6 Å². The Hall–Kier alpha value is -0.643. The number of hydrogen-bond acceptors (Lipinski definition) is 4. The second-order valence-corrected chi connectivity index (χ2v) is 26.5. The van der Waals surface area contributed by atoms with Crippen LogP contribution in [0.25, 0.3) is 0 Å². The molecule has 5 heteroatoms. The largest absolute Gasteiger partial charge is 0.394 e. The van der Waals surface area contributed by atoms with E-state index in [4.69, 9.17) is 20.0 Å². The van der Waals surface area contributed by atoms with Gasteiger partial charge in [-0.05, 0) is 162 Å². The molecule has 0 heterocycles. The minimum absolute atomic E-state index is 0.150. The average molecular weight is 881 g/mol. The molecule has 0 aromatic carbocycles. The number of nitrogens with zero attached hydrogens (tertiary/aromatic N) is 1. The molecule has 0 radical (unpaired) electrons. The lowest BCUT2D eigenvalue weighted by atomic mass is 9.47. The topological polar surface area (TPSA) is 30.9 Å². The Balaban J connectivity index is 1.29. The van der Waals surface area contributed by atoms with E-state index in [0.717, 1.165) is 80.4 Å². The molecular weight excluding hydrogens is 775 g/mol. The van der Waals surface area contributed by atoms with Crippen LogP contribution in [0.1, 0.15) is 235 Å². The van der Waals surface area contributed by atoms with Crippen molar-refractivity contribution >= 4 is 8.56 Å². The van der Waals surface area contributed by atoms with Crippen molar-refractivity contribution < 1.29 is 13.6 Å². The van der Waals surface area contributed by atoms with E-state index in [0.29, 0.717) is 10.8 Å². The molecule has 10 atom stereocenters. The van der Waals surface area contributed by atoms with Gasteiger partial charge in [-0.1, -0.05) is 169 Å². The van der Waals surface area contributed by atoms with Gasteiger partial charge in [0.05, 0.1) is 12.6 Å². The SMILES string of the molecule is C#CCN(C)CCCCCCO[Si](C)(C)OC(CCCCCCCCCCCCCCC)OC1CCC2(C)C(=CCC3C2CCC2(C)C(C(C)CCC(CC)C(C)C)CCC32)C1. The van der Waals surface area contributed by atoms with Crippen LogP contribution < -0.4 is 0 Å². The second-order valence-electron chi connectivity index (χ2n) is 23.1. The van der Waals surface area contributed by atoms with Crippen LogP contribution in [-0.4, -0.2) is 52.6 Å². The Morgan fingerprint density at radius 2 is 1.42 bits per heavy atom. The van der Waals surface area contributed by atoms with Crippen molar-refractivity contribution in [2.24, 2.45) is 52.3 Å². The summed E-state index contributed by atoms with van der Waals surface area (Å²) in [5, 5.41) is 0. The Morgan fingerprint density at radius 3 is 2.06 bits per heavy atom. The zero-order valence-electron chi connectivity index (χ0n) is 43.2. The fraction of sp³-hybridized carbons (Fsp3) is 0.930. The van der Waals surface area contributed by atoms with Gasteiger partial charge >= 0.3 is 8.56 Å². The number of hydrogen-bond donors (Lipinski definition) is 0. The molecule has 0 amide bonds. The molecule has 0 spiro atoms. The molecular formula is C57H105NO3Si. The number of allylic oxidation sites excluding steroid dienone is 1. The van der Waals surface area contributed by atoms with Gasteiger partial charge in [-0.25, -0.2) is 0 Å². The maximum Gasteiger partial charge on any atom is 0.333 e. The summed E-state index contributed by atoms with van der Waals surface area (Å²) in [4.78, 5) is 2.24. The van der Waals surface area contributed by atoms with E-state index in [1.807, 2.05) is 0 Å². The van der Waals surface area contributed by atoms with Crippen LogP contribution in [0.3, 0.4) is 0 Å². The third-order valence-electron chi connectivity index (χ3n) is 17.8. The minimum atomic E-state index is -2.35. The summed E-state index contributed by atoms with van der Waals surface area (Å²) in [6.45, 7) is 24.8. The second kappa shape index (κ2) is 27.9. The van der Waals surface area contributed by atoms with Crippen molar-refractivity contribution in [2.45, 2.75) is 260 Å². The van der Waals surface area contributed by atoms with E-state index >= 15 is 0 Å². The molecule has 0 aliphatic heterocycles. The molecule has 360 valence electrons. The van der Waals surface area contributed by atoms with E-state index in [9.17, 15) is 0 Å². The predicted octanol–water partition coefficient (Wildman–Crippen LogP) is 16.7. The highest BCUT2D eigenvalue weighted by Crippen LogP contribution is 2.67. The lowest BCUT2D eigenvalue weighted by Crippen LogP contribution is -2.51. The van der Waals surface area contributed by atoms with Crippen LogP contribution in [0.5, 0.6) is 0 Å². The van der Waals surface area contributed by atoms with Crippen molar-refractivity contribution in [3.05, 3.63) is 11.6 Å². The first-order chi connectivity index (χ1) is 29.8. The highest BCUT2D eigenvalue weighted by Gasteiger charge is 2.59. The first-order valence-corrected chi connectivity index (χ1v) is 30.4. The standard InChI is InChI=1S/C57H105NO3Si/c1-12-15-16-17-18-19-20-21-22-23-24-25-28-31-55(61-62(10,11)59-44-30-27-26-29-43-58(9)42-13-2)60-50-38-40-56(7)49(45-50)34-35-51-53-37-36-52(57(53,8)41-39-54(51)56)47(6)32-33-48(14-3)46(4)5/h2,34,46-48,50-55H,12,14-33,35-45H2,1,3-11H3. The van der Waals surface area contributed by atoms with Gasteiger partial charge < -0.3 is 13.6 Å². The molecule has 4 rings (SSSR count). The van der Waals surface area contributed by atoms with E-state index in [2.05, 4.69) is 85.5 Å². The Labute approximate surface area is 388 Å². The fourth-order valence-corrected chi connectivity index (χ4v) is 15.4. The van der Waals surface area contributed by atoms with Gasteiger partial charge in [-0.3, -0.25) is 4.90 Å². The molecule has 4 nitrogen and oxygen atoms in total. The third-order valence-corrected chi connectivity index (χ3v) is 19.6. The maximum absolute atomic E-state index is 7.13. The molecule has 0 aromatic rings.